The smallest absolute Gasteiger partial charge is 0.471 e. The number of carbonyl (C=O) groups is 1. The van der Waals surface area contributed by atoms with Gasteiger partial charge in [0.2, 0.25) is 0 Å². The third-order valence-electron chi connectivity index (χ3n) is 2.22. The molecule has 0 saturated heterocycles. The molecule has 0 bridgehead atoms. The molecule has 0 atom stereocenters. The fourth-order valence-corrected chi connectivity index (χ4v) is 1.42. The average Bonchev–Trinajstić information content (AvgIpc) is 2.34. The maximum absolute atomic E-state index is 12.3. The molecule has 1 amide bonds. The first-order valence-electron chi connectivity index (χ1n) is 5.86. The molecule has 0 heterocycles. The van der Waals surface area contributed by atoms with E-state index in [4.69, 9.17) is 15.2 Å². The summed E-state index contributed by atoms with van der Waals surface area (Å²) in [5.74, 6) is -1.87. The highest BCUT2D eigenvalue weighted by Crippen LogP contribution is 2.35. The van der Waals surface area contributed by atoms with Crippen LogP contribution in [-0.2, 0) is 4.79 Å². The van der Waals surface area contributed by atoms with E-state index in [9.17, 15) is 18.0 Å². The molecular formula is C12H15F3N2O3. The standard InChI is InChI=1S/C12H15F3N2O3/c1-3-19-9-6-8(17-11(18)12(13,14)15)10(20-4-2)5-7(9)16/h5-6H,3-4,16H2,1-2H3,(H,17,18). The number of carbonyl (C=O) groups excluding carboxylic acids is 1. The van der Waals surface area contributed by atoms with Gasteiger partial charge in [0.1, 0.15) is 11.5 Å². The predicted molar refractivity (Wildman–Crippen MR) is 67.9 cm³/mol. The van der Waals surface area contributed by atoms with E-state index < -0.39 is 12.1 Å². The van der Waals surface area contributed by atoms with Crippen LogP contribution in [0.2, 0.25) is 0 Å². The van der Waals surface area contributed by atoms with Crippen LogP contribution in [0.3, 0.4) is 0 Å². The first-order chi connectivity index (χ1) is 9.29. The molecule has 0 fully saturated rings. The molecule has 0 aliphatic rings. The molecule has 1 aromatic carbocycles. The van der Waals surface area contributed by atoms with Gasteiger partial charge in [0.25, 0.3) is 0 Å². The Hall–Kier alpha value is -2.12. The first kappa shape index (κ1) is 15.9. The normalized spacial score (nSPS) is 11.1. The van der Waals surface area contributed by atoms with Gasteiger partial charge in [0.15, 0.2) is 0 Å². The number of amides is 1. The van der Waals surface area contributed by atoms with Crippen LogP contribution in [0.25, 0.3) is 0 Å². The molecule has 0 aliphatic carbocycles. The molecule has 1 rings (SSSR count). The molecule has 3 N–H and O–H groups in total. The number of benzene rings is 1. The highest BCUT2D eigenvalue weighted by Gasteiger charge is 2.39. The number of hydrogen-bond acceptors (Lipinski definition) is 4. The highest BCUT2D eigenvalue weighted by atomic mass is 19.4. The van der Waals surface area contributed by atoms with Crippen molar-refractivity contribution in [1.82, 2.24) is 0 Å². The minimum absolute atomic E-state index is 0.0473. The molecule has 0 spiro atoms. The van der Waals surface area contributed by atoms with Gasteiger partial charge < -0.3 is 20.5 Å². The topological polar surface area (TPSA) is 73.6 Å². The number of alkyl halides is 3. The van der Waals surface area contributed by atoms with E-state index in [1.165, 1.54) is 12.1 Å². The number of ether oxygens (including phenoxy) is 2. The summed E-state index contributed by atoms with van der Waals surface area (Å²) in [4.78, 5) is 11.0. The molecule has 0 unspecified atom stereocenters. The zero-order chi connectivity index (χ0) is 15.3. The summed E-state index contributed by atoms with van der Waals surface area (Å²) >= 11 is 0. The summed E-state index contributed by atoms with van der Waals surface area (Å²) in [6, 6.07) is 2.51. The lowest BCUT2D eigenvalue weighted by Crippen LogP contribution is -2.30. The molecule has 0 aromatic heterocycles. The van der Waals surface area contributed by atoms with E-state index in [1.54, 1.807) is 19.2 Å². The van der Waals surface area contributed by atoms with Gasteiger partial charge in [-0.05, 0) is 13.8 Å². The summed E-state index contributed by atoms with van der Waals surface area (Å²) < 4.78 is 47.1. The monoisotopic (exact) mass is 292 g/mol. The van der Waals surface area contributed by atoms with Crippen molar-refractivity contribution < 1.29 is 27.4 Å². The second-order valence-electron chi connectivity index (χ2n) is 3.70. The number of nitrogen functional groups attached to an aromatic ring is 1. The van der Waals surface area contributed by atoms with Gasteiger partial charge in [-0.25, -0.2) is 0 Å². The third-order valence-corrected chi connectivity index (χ3v) is 2.22. The molecule has 20 heavy (non-hydrogen) atoms. The average molecular weight is 292 g/mol. The van der Waals surface area contributed by atoms with Crippen molar-refractivity contribution in [3.63, 3.8) is 0 Å². The second-order valence-corrected chi connectivity index (χ2v) is 3.70. The van der Waals surface area contributed by atoms with Crippen molar-refractivity contribution in [3.8, 4) is 11.5 Å². The lowest BCUT2D eigenvalue weighted by atomic mass is 10.2. The third kappa shape index (κ3) is 3.94. The van der Waals surface area contributed by atoms with Gasteiger partial charge in [-0.15, -0.1) is 0 Å². The summed E-state index contributed by atoms with van der Waals surface area (Å²) in [5.41, 5.74) is 5.75. The molecule has 5 nitrogen and oxygen atoms in total. The van der Waals surface area contributed by atoms with E-state index in [0.29, 0.717) is 0 Å². The summed E-state index contributed by atoms with van der Waals surface area (Å²) in [5, 5.41) is 1.74. The minimum Gasteiger partial charge on any atom is -0.492 e. The zero-order valence-corrected chi connectivity index (χ0v) is 11.0. The Morgan fingerprint density at radius 2 is 1.75 bits per heavy atom. The molecule has 0 aliphatic heterocycles. The number of halogens is 3. The molecule has 1 aromatic rings. The van der Waals surface area contributed by atoms with E-state index in [2.05, 4.69) is 0 Å². The van der Waals surface area contributed by atoms with Crippen molar-refractivity contribution in [3.05, 3.63) is 12.1 Å². The molecular weight excluding hydrogens is 277 g/mol. The number of nitrogens with one attached hydrogen (secondary N) is 1. The van der Waals surface area contributed by atoms with E-state index in [0.717, 1.165) is 0 Å². The van der Waals surface area contributed by atoms with Crippen LogP contribution >= 0.6 is 0 Å². The Labute approximate surface area is 113 Å². The van der Waals surface area contributed by atoms with Crippen LogP contribution < -0.4 is 20.5 Å². The first-order valence-corrected chi connectivity index (χ1v) is 5.86. The van der Waals surface area contributed by atoms with E-state index >= 15 is 0 Å². The van der Waals surface area contributed by atoms with Crippen LogP contribution in [0.15, 0.2) is 12.1 Å². The molecule has 0 radical (unpaired) electrons. The van der Waals surface area contributed by atoms with Gasteiger partial charge in [-0.3, -0.25) is 4.79 Å². The van der Waals surface area contributed by atoms with Crippen molar-refractivity contribution in [2.75, 3.05) is 24.3 Å². The molecule has 0 saturated carbocycles. The molecule has 112 valence electrons. The van der Waals surface area contributed by atoms with Gasteiger partial charge >= 0.3 is 12.1 Å². The fraction of sp³-hybridized carbons (Fsp3) is 0.417. The van der Waals surface area contributed by atoms with Gasteiger partial charge in [-0.2, -0.15) is 13.2 Å². The van der Waals surface area contributed by atoms with Crippen molar-refractivity contribution in [2.24, 2.45) is 0 Å². The van der Waals surface area contributed by atoms with E-state index in [1.807, 2.05) is 0 Å². The quantitative estimate of drug-likeness (QED) is 0.818. The van der Waals surface area contributed by atoms with Crippen molar-refractivity contribution in [2.45, 2.75) is 20.0 Å². The minimum atomic E-state index is -4.99. The Bertz CT molecular complexity index is 490. The zero-order valence-electron chi connectivity index (χ0n) is 11.0. The fourth-order valence-electron chi connectivity index (χ4n) is 1.42. The Balaban J connectivity index is 3.13. The van der Waals surface area contributed by atoms with Crippen molar-refractivity contribution >= 4 is 17.3 Å². The number of anilines is 2. The summed E-state index contributed by atoms with van der Waals surface area (Å²) in [6.45, 7) is 3.85. The van der Waals surface area contributed by atoms with Crippen LogP contribution in [0, 0.1) is 0 Å². The maximum Gasteiger partial charge on any atom is 0.471 e. The van der Waals surface area contributed by atoms with Crippen LogP contribution in [0.4, 0.5) is 24.5 Å². The lowest BCUT2D eigenvalue weighted by Gasteiger charge is -2.16. The van der Waals surface area contributed by atoms with Gasteiger partial charge in [0, 0.05) is 12.1 Å². The maximum atomic E-state index is 12.3. The number of hydrogen-bond donors (Lipinski definition) is 2. The SMILES string of the molecule is CCOc1cc(NC(=O)C(F)(F)F)c(OCC)cc1N. The Kier molecular flexibility index (Phi) is 5.06. The Morgan fingerprint density at radius 3 is 2.25 bits per heavy atom. The van der Waals surface area contributed by atoms with Gasteiger partial charge in [0.05, 0.1) is 24.6 Å². The van der Waals surface area contributed by atoms with E-state index in [-0.39, 0.29) is 36.1 Å². The summed E-state index contributed by atoms with van der Waals surface area (Å²) in [7, 11) is 0. The largest absolute Gasteiger partial charge is 0.492 e. The molecule has 8 heteroatoms. The lowest BCUT2D eigenvalue weighted by molar-refractivity contribution is -0.167. The van der Waals surface area contributed by atoms with Crippen LogP contribution in [0.1, 0.15) is 13.8 Å². The predicted octanol–water partition coefficient (Wildman–Crippen LogP) is 2.57. The van der Waals surface area contributed by atoms with Gasteiger partial charge in [-0.1, -0.05) is 0 Å². The van der Waals surface area contributed by atoms with Crippen LogP contribution in [0.5, 0.6) is 11.5 Å². The Morgan fingerprint density at radius 1 is 1.20 bits per heavy atom. The number of nitrogens with two attached hydrogens (primary N) is 1. The summed E-state index contributed by atoms with van der Waals surface area (Å²) in [6.07, 6.45) is -4.99. The van der Waals surface area contributed by atoms with Crippen molar-refractivity contribution in [1.29, 1.82) is 0 Å². The second kappa shape index (κ2) is 6.36. The highest BCUT2D eigenvalue weighted by molar-refractivity contribution is 5.96. The van der Waals surface area contributed by atoms with Crippen LogP contribution in [-0.4, -0.2) is 25.3 Å². The number of rotatable bonds is 5.